The Bertz CT molecular complexity index is 1390. The molecule has 9 heteroatoms. The zero-order chi connectivity index (χ0) is 24.0. The van der Waals surface area contributed by atoms with Gasteiger partial charge in [0.05, 0.1) is 20.4 Å². The average Bonchev–Trinajstić information content (AvgIpc) is 3.37. The lowest BCUT2D eigenvalue weighted by molar-refractivity contribution is 0.0410. The summed E-state index contributed by atoms with van der Waals surface area (Å²) in [4.78, 5) is 21.0. The fourth-order valence-electron chi connectivity index (χ4n) is 4.51. The van der Waals surface area contributed by atoms with Crippen LogP contribution in [0.4, 0.5) is 4.39 Å². The van der Waals surface area contributed by atoms with E-state index < -0.39 is 5.54 Å². The van der Waals surface area contributed by atoms with E-state index in [2.05, 4.69) is 10.3 Å². The summed E-state index contributed by atoms with van der Waals surface area (Å²) in [5, 5.41) is 6.00. The zero-order valence-electron chi connectivity index (χ0n) is 18.6. The maximum Gasteiger partial charge on any atom is 0.274 e. The molecule has 2 aromatic heterocycles. The summed E-state index contributed by atoms with van der Waals surface area (Å²) in [5.74, 6) is 0.251. The van der Waals surface area contributed by atoms with Gasteiger partial charge in [-0.1, -0.05) is 35.3 Å². The number of amides is 1. The molecular weight excluding hydrogens is 496 g/mol. The van der Waals surface area contributed by atoms with Crippen LogP contribution in [0.5, 0.6) is 0 Å². The van der Waals surface area contributed by atoms with Crippen LogP contribution in [0.2, 0.25) is 10.0 Å². The van der Waals surface area contributed by atoms with Crippen molar-refractivity contribution >= 4 is 51.4 Å². The number of fused-ring (bicyclic) bond motifs is 1. The summed E-state index contributed by atoms with van der Waals surface area (Å²) in [6.07, 6.45) is 0.489. The number of carbonyl (C=O) groups excluding carboxylic acids is 1. The van der Waals surface area contributed by atoms with Crippen molar-refractivity contribution in [2.24, 2.45) is 0 Å². The van der Waals surface area contributed by atoms with E-state index in [-0.39, 0.29) is 11.7 Å². The zero-order valence-corrected chi connectivity index (χ0v) is 21.0. The Morgan fingerprint density at radius 3 is 2.79 bits per heavy atom. The molecule has 1 saturated heterocycles. The minimum absolute atomic E-state index is 0.148. The van der Waals surface area contributed by atoms with Gasteiger partial charge in [-0.3, -0.25) is 4.79 Å². The van der Waals surface area contributed by atoms with Crippen LogP contribution in [-0.4, -0.2) is 41.0 Å². The minimum atomic E-state index is -0.558. The van der Waals surface area contributed by atoms with E-state index in [0.29, 0.717) is 47.4 Å². The number of furan rings is 1. The van der Waals surface area contributed by atoms with Crippen molar-refractivity contribution in [3.63, 3.8) is 0 Å². The van der Waals surface area contributed by atoms with Crippen molar-refractivity contribution in [1.29, 1.82) is 0 Å². The van der Waals surface area contributed by atoms with Gasteiger partial charge in [0.15, 0.2) is 5.58 Å². The summed E-state index contributed by atoms with van der Waals surface area (Å²) >= 11 is 13.9. The first-order chi connectivity index (χ1) is 16.2. The van der Waals surface area contributed by atoms with Crippen molar-refractivity contribution in [1.82, 2.24) is 15.2 Å². The molecule has 1 amide bonds. The Morgan fingerprint density at radius 1 is 1.26 bits per heavy atom. The number of hydrogen-bond acceptors (Lipinski definition) is 5. The summed E-state index contributed by atoms with van der Waals surface area (Å²) in [5.41, 5.74) is 1.19. The number of hydrogen-bond donors (Lipinski definition) is 1. The number of nitrogens with zero attached hydrogens (tertiary/aromatic N) is 2. The van der Waals surface area contributed by atoms with Crippen LogP contribution < -0.4 is 5.32 Å². The number of piperazine rings is 1. The van der Waals surface area contributed by atoms with Crippen molar-refractivity contribution < 1.29 is 13.6 Å². The third-order valence-corrected chi connectivity index (χ3v) is 7.62. The Kier molecular flexibility index (Phi) is 6.14. The first kappa shape index (κ1) is 23.3. The molecule has 5 nitrogen and oxygen atoms in total. The molecule has 3 heterocycles. The molecule has 1 aliphatic heterocycles. The SMILES string of the molecule is Cc1nc(C(=O)N2CCNCC2(C)Cc2cc3cc(Cl)cc(Cl)c3o2)c(-c2ccc(F)cc2)s1. The highest BCUT2D eigenvalue weighted by Crippen LogP contribution is 2.35. The lowest BCUT2D eigenvalue weighted by Crippen LogP contribution is -2.62. The molecule has 0 aliphatic carbocycles. The van der Waals surface area contributed by atoms with Gasteiger partial charge in [-0.05, 0) is 49.7 Å². The van der Waals surface area contributed by atoms with E-state index in [9.17, 15) is 9.18 Å². The molecule has 1 fully saturated rings. The third kappa shape index (κ3) is 4.33. The number of aromatic nitrogens is 1. The van der Waals surface area contributed by atoms with Crippen LogP contribution in [0.15, 0.2) is 46.9 Å². The molecule has 0 radical (unpaired) electrons. The lowest BCUT2D eigenvalue weighted by Gasteiger charge is -2.44. The van der Waals surface area contributed by atoms with Crippen LogP contribution in [0.3, 0.4) is 0 Å². The van der Waals surface area contributed by atoms with Crippen molar-refractivity contribution in [3.05, 3.63) is 74.8 Å². The molecule has 1 atom stereocenters. The van der Waals surface area contributed by atoms with E-state index >= 15 is 0 Å². The second kappa shape index (κ2) is 8.96. The molecule has 1 unspecified atom stereocenters. The number of halogens is 3. The van der Waals surface area contributed by atoms with Gasteiger partial charge in [0.25, 0.3) is 5.91 Å². The van der Waals surface area contributed by atoms with Crippen molar-refractivity contribution in [2.75, 3.05) is 19.6 Å². The summed E-state index contributed by atoms with van der Waals surface area (Å²) in [6, 6.07) is 11.5. The molecule has 5 rings (SSSR count). The number of benzene rings is 2. The Balaban J connectivity index is 1.49. The quantitative estimate of drug-likeness (QED) is 0.342. The highest BCUT2D eigenvalue weighted by atomic mass is 35.5. The average molecular weight is 518 g/mol. The van der Waals surface area contributed by atoms with Gasteiger partial charge >= 0.3 is 0 Å². The molecule has 4 aromatic rings. The topological polar surface area (TPSA) is 58.4 Å². The highest BCUT2D eigenvalue weighted by Gasteiger charge is 2.40. The van der Waals surface area contributed by atoms with Crippen molar-refractivity contribution in [2.45, 2.75) is 25.8 Å². The normalized spacial score (nSPS) is 18.6. The maximum absolute atomic E-state index is 13.8. The molecule has 0 bridgehead atoms. The van der Waals surface area contributed by atoms with E-state index in [1.165, 1.54) is 23.5 Å². The van der Waals surface area contributed by atoms with Gasteiger partial charge in [0.2, 0.25) is 0 Å². The number of rotatable bonds is 4. The minimum Gasteiger partial charge on any atom is -0.459 e. The summed E-state index contributed by atoms with van der Waals surface area (Å²) < 4.78 is 19.5. The second-order valence-electron chi connectivity index (χ2n) is 8.74. The first-order valence-electron chi connectivity index (χ1n) is 10.9. The lowest BCUT2D eigenvalue weighted by atomic mass is 9.91. The van der Waals surface area contributed by atoms with Gasteiger partial charge in [0, 0.05) is 36.5 Å². The van der Waals surface area contributed by atoms with E-state index in [4.69, 9.17) is 27.6 Å². The summed E-state index contributed by atoms with van der Waals surface area (Å²) in [7, 11) is 0. The van der Waals surface area contributed by atoms with Gasteiger partial charge in [-0.25, -0.2) is 9.37 Å². The van der Waals surface area contributed by atoms with Crippen LogP contribution in [0.25, 0.3) is 21.4 Å². The molecule has 2 aromatic carbocycles. The number of nitrogens with one attached hydrogen (secondary N) is 1. The molecule has 1 aliphatic rings. The molecule has 34 heavy (non-hydrogen) atoms. The Morgan fingerprint density at radius 2 is 2.03 bits per heavy atom. The predicted octanol–water partition coefficient (Wildman–Crippen LogP) is 6.36. The molecule has 0 spiro atoms. The van der Waals surface area contributed by atoms with Crippen LogP contribution in [-0.2, 0) is 6.42 Å². The molecule has 1 N–H and O–H groups in total. The predicted molar refractivity (Wildman–Crippen MR) is 134 cm³/mol. The molecular formula is C25H22Cl2FN3O2S. The number of aryl methyl sites for hydroxylation is 1. The number of carbonyl (C=O) groups is 1. The third-order valence-electron chi connectivity index (χ3n) is 6.10. The standard InChI is InChI=1S/C25H22Cl2FN3O2S/c1-14-30-21(23(34-14)15-3-5-18(28)6-4-15)24(32)31-8-7-29-13-25(31,2)12-19-10-16-9-17(26)11-20(27)22(16)33-19/h3-6,9-11,29H,7-8,12-13H2,1-2H3. The number of thiazole rings is 1. The largest absolute Gasteiger partial charge is 0.459 e. The fraction of sp³-hybridized carbons (Fsp3) is 0.280. The van der Waals surface area contributed by atoms with Crippen molar-refractivity contribution in [3.8, 4) is 10.4 Å². The maximum atomic E-state index is 13.8. The van der Waals surface area contributed by atoms with Gasteiger partial charge in [0.1, 0.15) is 17.3 Å². The Hall–Kier alpha value is -2.45. The first-order valence-corrected chi connectivity index (χ1v) is 12.4. The van der Waals surface area contributed by atoms with E-state index in [1.807, 2.05) is 30.9 Å². The molecule has 176 valence electrons. The monoisotopic (exact) mass is 517 g/mol. The highest BCUT2D eigenvalue weighted by molar-refractivity contribution is 7.15. The van der Waals surface area contributed by atoms with Crippen LogP contribution in [0, 0.1) is 12.7 Å². The smallest absolute Gasteiger partial charge is 0.274 e. The van der Waals surface area contributed by atoms with E-state index in [1.54, 1.807) is 18.2 Å². The Labute approximate surface area is 210 Å². The summed E-state index contributed by atoms with van der Waals surface area (Å²) in [6.45, 7) is 5.71. The van der Waals surface area contributed by atoms with E-state index in [0.717, 1.165) is 26.6 Å². The van der Waals surface area contributed by atoms with Gasteiger partial charge in [-0.15, -0.1) is 11.3 Å². The second-order valence-corrected chi connectivity index (χ2v) is 10.8. The fourth-order valence-corrected chi connectivity index (χ4v) is 5.97. The van der Waals surface area contributed by atoms with Crippen LogP contribution >= 0.6 is 34.5 Å². The van der Waals surface area contributed by atoms with Crippen LogP contribution in [0.1, 0.15) is 28.2 Å². The molecule has 0 saturated carbocycles. The van der Waals surface area contributed by atoms with Gasteiger partial charge in [-0.2, -0.15) is 0 Å². The van der Waals surface area contributed by atoms with Gasteiger partial charge < -0.3 is 14.6 Å².